The largest absolute Gasteiger partial charge is 0.304 e. The van der Waals surface area contributed by atoms with Crippen molar-refractivity contribution in [3.05, 3.63) is 0 Å². The quantitative estimate of drug-likeness (QED) is 0.607. The zero-order valence-electron chi connectivity index (χ0n) is 6.73. The first kappa shape index (κ1) is 12.4. The molecule has 0 atom stereocenters. The Morgan fingerprint density at radius 3 is 1.92 bits per heavy atom. The summed E-state index contributed by atoms with van der Waals surface area (Å²) >= 11 is 0. The van der Waals surface area contributed by atoms with Gasteiger partial charge < -0.3 is 4.90 Å². The lowest BCUT2D eigenvalue weighted by Crippen LogP contribution is -2.45. The van der Waals surface area contributed by atoms with Gasteiger partial charge in [0.15, 0.2) is 0 Å². The highest BCUT2D eigenvalue weighted by Gasteiger charge is 2.22. The molecule has 0 amide bonds. The van der Waals surface area contributed by atoms with Crippen LogP contribution in [0.3, 0.4) is 0 Å². The smallest absolute Gasteiger partial charge is 0.299 e. The van der Waals surface area contributed by atoms with Gasteiger partial charge in [0.1, 0.15) is 0 Å². The summed E-state index contributed by atoms with van der Waals surface area (Å²) in [6.45, 7) is 2.52. The molecule has 1 rings (SSSR count). The highest BCUT2D eigenvalue weighted by Crippen LogP contribution is 2.09. The van der Waals surface area contributed by atoms with Gasteiger partial charge in [0, 0.05) is 36.9 Å². The number of hydrogen-bond donors (Lipinski definition) is 0. The van der Waals surface area contributed by atoms with E-state index in [1.165, 1.54) is 4.31 Å². The Labute approximate surface area is 83.4 Å². The molecule has 1 saturated heterocycles. The molecule has 0 aliphatic carbocycles. The summed E-state index contributed by atoms with van der Waals surface area (Å²) in [5.41, 5.74) is 0. The van der Waals surface area contributed by atoms with Crippen LogP contribution in [-0.4, -0.2) is 50.8 Å². The average molecular weight is 235 g/mol. The van der Waals surface area contributed by atoms with E-state index in [0.717, 1.165) is 13.1 Å². The number of piperazine rings is 1. The van der Waals surface area contributed by atoms with Gasteiger partial charge in [0.2, 0.25) is 0 Å². The molecule has 1 fully saturated rings. The van der Waals surface area contributed by atoms with Crippen LogP contribution in [0.4, 0.5) is 0 Å². The molecule has 12 heavy (non-hydrogen) atoms. The number of hydrogen-bond acceptors (Lipinski definition) is 3. The van der Waals surface area contributed by atoms with E-state index >= 15 is 0 Å². The van der Waals surface area contributed by atoms with Crippen molar-refractivity contribution in [1.82, 2.24) is 9.21 Å². The molecule has 0 saturated carbocycles. The van der Waals surface area contributed by atoms with Gasteiger partial charge in [-0.1, -0.05) is 0 Å². The average Bonchev–Trinajstić information content (AvgIpc) is 1.86. The van der Waals surface area contributed by atoms with E-state index in [2.05, 4.69) is 4.90 Å². The Hall–Kier alpha value is 0.450. The van der Waals surface area contributed by atoms with Gasteiger partial charge in [-0.25, -0.2) is 0 Å². The number of rotatable bonds is 1. The molecule has 1 aliphatic rings. The minimum atomic E-state index is -3.47. The van der Waals surface area contributed by atoms with Gasteiger partial charge in [-0.2, -0.15) is 12.7 Å². The first-order valence-corrected chi connectivity index (χ1v) is 5.65. The molecule has 0 bridgehead atoms. The summed E-state index contributed by atoms with van der Waals surface area (Å²) in [4.78, 5) is 2.07. The summed E-state index contributed by atoms with van der Waals surface area (Å²) < 4.78 is 22.8. The maximum atomic E-state index is 10.8. The molecular formula is C5H12Cl2N2O2S. The van der Waals surface area contributed by atoms with Crippen LogP contribution in [0.15, 0.2) is 0 Å². The molecule has 0 spiro atoms. The van der Waals surface area contributed by atoms with Gasteiger partial charge >= 0.3 is 0 Å². The predicted octanol–water partition coefficient (Wildman–Crippen LogP) is 0.139. The van der Waals surface area contributed by atoms with Crippen molar-refractivity contribution in [2.45, 2.75) is 0 Å². The van der Waals surface area contributed by atoms with Crippen molar-refractivity contribution in [2.75, 3.05) is 33.2 Å². The predicted molar refractivity (Wildman–Crippen MR) is 51.1 cm³/mol. The first-order chi connectivity index (χ1) is 5.00. The van der Waals surface area contributed by atoms with Crippen molar-refractivity contribution in [3.8, 4) is 0 Å². The second kappa shape index (κ2) is 4.62. The van der Waals surface area contributed by atoms with E-state index < -0.39 is 9.24 Å². The number of nitrogens with zero attached hydrogens (tertiary/aromatic N) is 2. The summed E-state index contributed by atoms with van der Waals surface area (Å²) in [5, 5.41) is 0. The minimum Gasteiger partial charge on any atom is -0.304 e. The normalized spacial score (nSPS) is 21.8. The van der Waals surface area contributed by atoms with E-state index in [-0.39, 0.29) is 12.4 Å². The fraction of sp³-hybridized carbons (Fsp3) is 1.00. The molecular weight excluding hydrogens is 223 g/mol. The number of likely N-dealkylation sites (N-methyl/N-ethyl adjacent to an activating group) is 1. The summed E-state index contributed by atoms with van der Waals surface area (Å²) in [7, 11) is 3.63. The van der Waals surface area contributed by atoms with Gasteiger partial charge in [-0.15, -0.1) is 12.4 Å². The third kappa shape index (κ3) is 3.45. The van der Waals surface area contributed by atoms with Crippen LogP contribution in [0.5, 0.6) is 0 Å². The van der Waals surface area contributed by atoms with Crippen molar-refractivity contribution in [2.24, 2.45) is 0 Å². The third-order valence-electron chi connectivity index (χ3n) is 1.77. The van der Waals surface area contributed by atoms with Crippen LogP contribution in [0, 0.1) is 0 Å². The lowest BCUT2D eigenvalue weighted by molar-refractivity contribution is 0.225. The molecule has 0 unspecified atom stereocenters. The Bertz CT molecular complexity index is 224. The summed E-state index contributed by atoms with van der Waals surface area (Å²) in [6, 6.07) is 0. The van der Waals surface area contributed by atoms with E-state index in [9.17, 15) is 8.42 Å². The number of halogens is 2. The zero-order chi connectivity index (χ0) is 8.48. The van der Waals surface area contributed by atoms with Crippen LogP contribution >= 0.6 is 23.1 Å². The summed E-state index contributed by atoms with van der Waals surface area (Å²) in [6.07, 6.45) is 0. The maximum absolute atomic E-state index is 10.8. The third-order valence-corrected chi connectivity index (χ3v) is 3.34. The van der Waals surface area contributed by atoms with Crippen LogP contribution in [-0.2, 0) is 9.24 Å². The topological polar surface area (TPSA) is 40.6 Å². The molecule has 0 radical (unpaired) electrons. The van der Waals surface area contributed by atoms with E-state index in [1.807, 2.05) is 7.05 Å². The Morgan fingerprint density at radius 2 is 1.58 bits per heavy atom. The molecule has 1 heterocycles. The van der Waals surface area contributed by atoms with Gasteiger partial charge in [-0.3, -0.25) is 0 Å². The molecule has 7 heteroatoms. The lowest BCUT2D eigenvalue weighted by atomic mass is 10.4. The fourth-order valence-corrected chi connectivity index (χ4v) is 2.02. The van der Waals surface area contributed by atoms with Gasteiger partial charge in [0.05, 0.1) is 0 Å². The Balaban J connectivity index is 0.00000121. The molecule has 0 N–H and O–H groups in total. The Kier molecular flexibility index (Phi) is 4.79. The first-order valence-electron chi connectivity index (χ1n) is 3.38. The Morgan fingerprint density at radius 1 is 1.17 bits per heavy atom. The molecule has 1 aliphatic heterocycles. The van der Waals surface area contributed by atoms with Gasteiger partial charge in [-0.05, 0) is 7.05 Å². The fourth-order valence-electron chi connectivity index (χ4n) is 1.01. The molecule has 0 aromatic rings. The van der Waals surface area contributed by atoms with Crippen LogP contribution in [0.1, 0.15) is 0 Å². The lowest BCUT2D eigenvalue weighted by Gasteiger charge is -2.29. The molecule has 74 valence electrons. The van der Waals surface area contributed by atoms with Gasteiger partial charge in [0.25, 0.3) is 9.24 Å². The SMILES string of the molecule is CN1CCN(S(=O)(=O)Cl)CC1.Cl. The molecule has 4 nitrogen and oxygen atoms in total. The second-order valence-corrected chi connectivity index (χ2v) is 5.15. The van der Waals surface area contributed by atoms with Crippen LogP contribution in [0.25, 0.3) is 0 Å². The van der Waals surface area contributed by atoms with E-state index in [0.29, 0.717) is 13.1 Å². The maximum Gasteiger partial charge on any atom is 0.299 e. The minimum absolute atomic E-state index is 0. The van der Waals surface area contributed by atoms with E-state index in [1.54, 1.807) is 0 Å². The second-order valence-electron chi connectivity index (χ2n) is 2.64. The van der Waals surface area contributed by atoms with Crippen LogP contribution in [0.2, 0.25) is 0 Å². The van der Waals surface area contributed by atoms with Crippen molar-refractivity contribution >= 4 is 32.3 Å². The zero-order valence-corrected chi connectivity index (χ0v) is 9.12. The summed E-state index contributed by atoms with van der Waals surface area (Å²) in [5.74, 6) is 0. The highest BCUT2D eigenvalue weighted by atomic mass is 35.7. The van der Waals surface area contributed by atoms with Crippen molar-refractivity contribution in [3.63, 3.8) is 0 Å². The monoisotopic (exact) mass is 234 g/mol. The molecule has 0 aromatic heterocycles. The van der Waals surface area contributed by atoms with E-state index in [4.69, 9.17) is 10.7 Å². The standard InChI is InChI=1S/C5H11ClN2O2S.ClH/c1-7-2-4-8(5-3-7)11(6,9)10;/h2-5H2,1H3;1H. The highest BCUT2D eigenvalue weighted by molar-refractivity contribution is 8.11. The van der Waals surface area contributed by atoms with Crippen LogP contribution < -0.4 is 0 Å². The van der Waals surface area contributed by atoms with Crippen molar-refractivity contribution < 1.29 is 8.42 Å². The molecule has 0 aromatic carbocycles. The van der Waals surface area contributed by atoms with Crippen molar-refractivity contribution in [1.29, 1.82) is 0 Å².